The zero-order chi connectivity index (χ0) is 11.7. The van der Waals surface area contributed by atoms with Crippen molar-refractivity contribution in [1.29, 1.82) is 0 Å². The van der Waals surface area contributed by atoms with E-state index >= 15 is 0 Å². The minimum atomic E-state index is -1.24. The van der Waals surface area contributed by atoms with Crippen molar-refractivity contribution in [2.45, 2.75) is 0 Å². The van der Waals surface area contributed by atoms with Crippen molar-refractivity contribution in [2.24, 2.45) is 0 Å². The fraction of sp³-hybridized carbons (Fsp3) is 0. The van der Waals surface area contributed by atoms with Crippen LogP contribution in [0.4, 0.5) is 4.39 Å². The third kappa shape index (κ3) is 1.90. The number of carboxylic acid groups (broad SMARTS) is 1. The third-order valence-corrected chi connectivity index (χ3v) is 2.25. The Morgan fingerprint density at radius 2 is 2.19 bits per heavy atom. The number of benzene rings is 1. The van der Waals surface area contributed by atoms with Crippen LogP contribution in [0.1, 0.15) is 10.6 Å². The van der Waals surface area contributed by atoms with Crippen LogP contribution in [-0.4, -0.2) is 16.2 Å². The van der Waals surface area contributed by atoms with Gasteiger partial charge in [0.1, 0.15) is 11.5 Å². The fourth-order valence-electron chi connectivity index (χ4n) is 1.20. The first-order valence-electron chi connectivity index (χ1n) is 4.23. The zero-order valence-corrected chi connectivity index (χ0v) is 8.53. The Labute approximate surface area is 94.2 Å². The van der Waals surface area contributed by atoms with E-state index in [-0.39, 0.29) is 22.0 Å². The lowest BCUT2D eigenvalue weighted by Crippen LogP contribution is -1.91. The van der Waals surface area contributed by atoms with E-state index in [9.17, 15) is 9.18 Å². The Morgan fingerprint density at radius 1 is 1.44 bits per heavy atom. The second-order valence-electron chi connectivity index (χ2n) is 3.01. The first-order chi connectivity index (χ1) is 7.58. The Bertz CT molecular complexity index is 553. The molecule has 16 heavy (non-hydrogen) atoms. The van der Waals surface area contributed by atoms with Crippen molar-refractivity contribution >= 4 is 17.6 Å². The average Bonchev–Trinajstić information content (AvgIpc) is 2.70. The molecule has 82 valence electrons. The van der Waals surface area contributed by atoms with E-state index in [2.05, 4.69) is 9.68 Å². The van der Waals surface area contributed by atoms with E-state index in [0.29, 0.717) is 0 Å². The summed E-state index contributed by atoms with van der Waals surface area (Å²) < 4.78 is 17.5. The normalized spacial score (nSPS) is 10.4. The van der Waals surface area contributed by atoms with Gasteiger partial charge in [-0.15, -0.1) is 0 Å². The van der Waals surface area contributed by atoms with Crippen molar-refractivity contribution in [2.75, 3.05) is 0 Å². The standard InChI is InChI=1S/C10H5ClFNO3/c11-7-2-1-5(12)3-6(7)8-4-9(10(14)15)16-13-8/h1-4H,(H,14,15). The van der Waals surface area contributed by atoms with Gasteiger partial charge in [-0.3, -0.25) is 0 Å². The zero-order valence-electron chi connectivity index (χ0n) is 7.78. The monoisotopic (exact) mass is 241 g/mol. The van der Waals surface area contributed by atoms with Gasteiger partial charge >= 0.3 is 5.97 Å². The van der Waals surface area contributed by atoms with Gasteiger partial charge in [0, 0.05) is 11.6 Å². The summed E-state index contributed by atoms with van der Waals surface area (Å²) in [4.78, 5) is 10.6. The van der Waals surface area contributed by atoms with E-state index in [4.69, 9.17) is 16.7 Å². The molecule has 0 unspecified atom stereocenters. The molecule has 0 bridgehead atoms. The topological polar surface area (TPSA) is 63.3 Å². The van der Waals surface area contributed by atoms with Crippen LogP contribution in [0.2, 0.25) is 5.02 Å². The van der Waals surface area contributed by atoms with Crippen LogP contribution in [0.25, 0.3) is 11.3 Å². The van der Waals surface area contributed by atoms with Gasteiger partial charge in [-0.1, -0.05) is 16.8 Å². The highest BCUT2D eigenvalue weighted by atomic mass is 35.5. The number of rotatable bonds is 2. The number of aromatic nitrogens is 1. The Kier molecular flexibility index (Phi) is 2.62. The van der Waals surface area contributed by atoms with Crippen LogP contribution in [0.3, 0.4) is 0 Å². The summed E-state index contributed by atoms with van der Waals surface area (Å²) in [5.41, 5.74) is 0.472. The molecule has 4 nitrogen and oxygen atoms in total. The molecule has 1 aromatic heterocycles. The minimum absolute atomic E-state index is 0.182. The Hall–Kier alpha value is -1.88. The molecule has 1 N–H and O–H groups in total. The lowest BCUT2D eigenvalue weighted by molar-refractivity contribution is 0.0652. The second-order valence-corrected chi connectivity index (χ2v) is 3.41. The largest absolute Gasteiger partial charge is 0.475 e. The maximum Gasteiger partial charge on any atom is 0.374 e. The van der Waals surface area contributed by atoms with Crippen molar-refractivity contribution in [1.82, 2.24) is 5.16 Å². The smallest absolute Gasteiger partial charge is 0.374 e. The molecule has 0 saturated heterocycles. The molecule has 6 heteroatoms. The van der Waals surface area contributed by atoms with Gasteiger partial charge in [0.05, 0.1) is 5.02 Å². The van der Waals surface area contributed by atoms with Crippen molar-refractivity contribution < 1.29 is 18.8 Å². The molecule has 1 heterocycles. The number of nitrogens with zero attached hydrogens (tertiary/aromatic N) is 1. The lowest BCUT2D eigenvalue weighted by atomic mass is 10.1. The predicted octanol–water partition coefficient (Wildman–Crippen LogP) is 2.83. The van der Waals surface area contributed by atoms with Gasteiger partial charge in [-0.05, 0) is 18.2 Å². The summed E-state index contributed by atoms with van der Waals surface area (Å²) in [5.74, 6) is -2.05. The molecule has 0 fully saturated rings. The molecule has 0 aliphatic carbocycles. The molecule has 2 rings (SSSR count). The molecule has 1 aromatic carbocycles. The van der Waals surface area contributed by atoms with Crippen LogP contribution in [0.15, 0.2) is 28.8 Å². The highest BCUT2D eigenvalue weighted by Gasteiger charge is 2.14. The van der Waals surface area contributed by atoms with Gasteiger partial charge in [-0.25, -0.2) is 9.18 Å². The van der Waals surface area contributed by atoms with Crippen LogP contribution >= 0.6 is 11.6 Å². The van der Waals surface area contributed by atoms with Crippen molar-refractivity contribution in [3.8, 4) is 11.3 Å². The van der Waals surface area contributed by atoms with Crippen LogP contribution < -0.4 is 0 Å². The number of hydrogen-bond donors (Lipinski definition) is 1. The second kappa shape index (κ2) is 3.94. The van der Waals surface area contributed by atoms with Crippen LogP contribution in [0, 0.1) is 5.82 Å². The average molecular weight is 242 g/mol. The van der Waals surface area contributed by atoms with Gasteiger partial charge in [0.15, 0.2) is 0 Å². The first kappa shape index (κ1) is 10.6. The maximum atomic E-state index is 13.0. The van der Waals surface area contributed by atoms with Crippen LogP contribution in [0.5, 0.6) is 0 Å². The molecule has 0 amide bonds. The SMILES string of the molecule is O=C(O)c1cc(-c2cc(F)ccc2Cl)no1. The van der Waals surface area contributed by atoms with E-state index in [1.54, 1.807) is 0 Å². The lowest BCUT2D eigenvalue weighted by Gasteiger charge is -1.98. The summed E-state index contributed by atoms with van der Waals surface area (Å²) >= 11 is 5.82. The van der Waals surface area contributed by atoms with E-state index in [1.807, 2.05) is 0 Å². The fourth-order valence-corrected chi connectivity index (χ4v) is 1.41. The summed E-state index contributed by atoms with van der Waals surface area (Å²) in [7, 11) is 0. The number of halogens is 2. The van der Waals surface area contributed by atoms with E-state index < -0.39 is 11.8 Å². The predicted molar refractivity (Wildman–Crippen MR) is 53.9 cm³/mol. The van der Waals surface area contributed by atoms with Crippen molar-refractivity contribution in [3.05, 3.63) is 40.9 Å². The summed E-state index contributed by atoms with van der Waals surface area (Å²) in [6.07, 6.45) is 0. The molecule has 0 radical (unpaired) electrons. The molecule has 0 spiro atoms. The summed E-state index contributed by atoms with van der Waals surface area (Å²) in [5, 5.41) is 12.4. The first-order valence-corrected chi connectivity index (χ1v) is 4.61. The number of aromatic carboxylic acids is 1. The quantitative estimate of drug-likeness (QED) is 0.878. The number of carbonyl (C=O) groups is 1. The van der Waals surface area contributed by atoms with E-state index in [0.717, 1.165) is 6.07 Å². The molecule has 0 saturated carbocycles. The van der Waals surface area contributed by atoms with Gasteiger partial charge in [0.2, 0.25) is 5.76 Å². The highest BCUT2D eigenvalue weighted by molar-refractivity contribution is 6.33. The Morgan fingerprint density at radius 3 is 2.81 bits per heavy atom. The number of carboxylic acids is 1. The molecular formula is C10H5ClFNO3. The molecule has 2 aromatic rings. The minimum Gasteiger partial charge on any atom is -0.475 e. The third-order valence-electron chi connectivity index (χ3n) is 1.93. The molecule has 0 atom stereocenters. The molecular weight excluding hydrogens is 237 g/mol. The molecule has 0 aliphatic rings. The maximum absolute atomic E-state index is 13.0. The van der Waals surface area contributed by atoms with Gasteiger partial charge in [-0.2, -0.15) is 0 Å². The van der Waals surface area contributed by atoms with E-state index in [1.165, 1.54) is 18.2 Å². The van der Waals surface area contributed by atoms with Crippen molar-refractivity contribution in [3.63, 3.8) is 0 Å². The number of hydrogen-bond acceptors (Lipinski definition) is 3. The van der Waals surface area contributed by atoms with Gasteiger partial charge in [0.25, 0.3) is 0 Å². The van der Waals surface area contributed by atoms with Crippen LogP contribution in [-0.2, 0) is 0 Å². The molecule has 0 aliphatic heterocycles. The van der Waals surface area contributed by atoms with Gasteiger partial charge < -0.3 is 9.63 Å². The summed E-state index contributed by atoms with van der Waals surface area (Å²) in [6.45, 7) is 0. The highest BCUT2D eigenvalue weighted by Crippen LogP contribution is 2.28. The Balaban J connectivity index is 2.50. The summed E-state index contributed by atoms with van der Waals surface area (Å²) in [6, 6.07) is 4.90.